The Balaban J connectivity index is 1.23. The second kappa shape index (κ2) is 14.8. The van der Waals surface area contributed by atoms with Crippen molar-refractivity contribution in [3.63, 3.8) is 0 Å². The molecule has 2 saturated carbocycles. The number of nitrogens with one attached hydrogen (secondary N) is 3. The molecule has 4 heterocycles. The van der Waals surface area contributed by atoms with Crippen LogP contribution in [0.2, 0.25) is 0 Å². The maximum Gasteiger partial charge on any atom is 0.408 e. The normalized spacial score (nSPS) is 29.1. The van der Waals surface area contributed by atoms with Gasteiger partial charge in [0.25, 0.3) is 5.91 Å². The second-order valence-electron chi connectivity index (χ2n) is 17.1. The number of methoxy groups -OCH3 is 1. The lowest BCUT2D eigenvalue weighted by molar-refractivity contribution is -0.141. The fourth-order valence-electron chi connectivity index (χ4n) is 8.28. The Morgan fingerprint density at radius 3 is 2.57 bits per heavy atom. The minimum absolute atomic E-state index is 0.0455. The molecule has 3 fully saturated rings. The predicted octanol–water partition coefficient (Wildman–Crippen LogP) is 4.75. The quantitative estimate of drug-likeness (QED) is 0.331. The number of allylic oxidation sites excluding steroid dienone is 1. The van der Waals surface area contributed by atoms with Crippen molar-refractivity contribution in [2.75, 3.05) is 13.7 Å². The standard InChI is InChI=1S/C41H55N5O9S/c1-24(2)26(4)54-38(50)43-32-13-11-9-7-8-10-12-27-21-41(27,37(49)45-56(51,52)39(5)18-19-39)44-35(47)33-22-40(23-46(33)36(32)48)17-16-29-30-20-28(53-6)14-15-31(30)42-25(3)34(29)55-40/h10,12,14-15,20,24,26-27,32-33H,7-9,11,13,16-19,21-23H2,1-6H3,(H,43,50)(H,44,47)(H,45,49). The molecule has 2 aliphatic carbocycles. The number of benzene rings is 1. The number of hydrogen-bond donors (Lipinski definition) is 3. The molecule has 3 N–H and O–H groups in total. The van der Waals surface area contributed by atoms with Gasteiger partial charge in [-0.25, -0.2) is 18.2 Å². The monoisotopic (exact) mass is 793 g/mol. The van der Waals surface area contributed by atoms with Crippen LogP contribution in [0.5, 0.6) is 11.5 Å². The number of alkyl carbamates (subject to hydrolysis) is 1. The van der Waals surface area contributed by atoms with Gasteiger partial charge in [0, 0.05) is 23.3 Å². The van der Waals surface area contributed by atoms with Gasteiger partial charge in [-0.1, -0.05) is 38.8 Å². The van der Waals surface area contributed by atoms with Gasteiger partial charge in [-0.2, -0.15) is 0 Å². The highest BCUT2D eigenvalue weighted by atomic mass is 32.2. The third kappa shape index (κ3) is 7.55. The van der Waals surface area contributed by atoms with E-state index in [-0.39, 0.29) is 25.3 Å². The molecule has 14 nitrogen and oxygen atoms in total. The van der Waals surface area contributed by atoms with Crippen LogP contribution < -0.4 is 24.8 Å². The summed E-state index contributed by atoms with van der Waals surface area (Å²) < 4.78 is 45.7. The highest BCUT2D eigenvalue weighted by Crippen LogP contribution is 2.49. The Labute approximate surface area is 328 Å². The van der Waals surface area contributed by atoms with Crippen molar-refractivity contribution in [3.8, 4) is 11.5 Å². The van der Waals surface area contributed by atoms with Crippen LogP contribution in [0.3, 0.4) is 0 Å². The van der Waals surface area contributed by atoms with Gasteiger partial charge in [0.05, 0.1) is 29.6 Å². The maximum atomic E-state index is 14.8. The number of carbonyl (C=O) groups is 4. The van der Waals surface area contributed by atoms with Gasteiger partial charge in [0.15, 0.2) is 0 Å². The molecule has 15 heteroatoms. The lowest BCUT2D eigenvalue weighted by Crippen LogP contribution is -2.58. The van der Waals surface area contributed by atoms with Gasteiger partial charge < -0.3 is 29.7 Å². The van der Waals surface area contributed by atoms with Crippen LogP contribution >= 0.6 is 0 Å². The number of aryl methyl sites for hydroxylation is 2. The second-order valence-corrected chi connectivity index (χ2v) is 19.3. The van der Waals surface area contributed by atoms with Crippen molar-refractivity contribution < 1.29 is 41.8 Å². The van der Waals surface area contributed by atoms with Crippen LogP contribution in [-0.4, -0.2) is 89.8 Å². The summed E-state index contributed by atoms with van der Waals surface area (Å²) in [4.78, 5) is 62.9. The molecule has 2 aromatic rings. The number of sulfonamides is 1. The molecule has 7 rings (SSSR count). The summed E-state index contributed by atoms with van der Waals surface area (Å²) in [6.45, 7) is 9.19. The highest BCUT2D eigenvalue weighted by molar-refractivity contribution is 7.91. The fraction of sp³-hybridized carbons (Fsp3) is 0.634. The Kier molecular flexibility index (Phi) is 10.5. The number of ether oxygens (including phenoxy) is 3. The van der Waals surface area contributed by atoms with Crippen LogP contribution in [0.1, 0.15) is 103 Å². The van der Waals surface area contributed by atoms with E-state index in [2.05, 4.69) is 15.4 Å². The summed E-state index contributed by atoms with van der Waals surface area (Å²) in [6, 6.07) is 3.62. The van der Waals surface area contributed by atoms with Gasteiger partial charge in [-0.3, -0.25) is 19.1 Å². The van der Waals surface area contributed by atoms with Crippen LogP contribution in [0.15, 0.2) is 30.4 Å². The predicted molar refractivity (Wildman–Crippen MR) is 208 cm³/mol. The molecule has 0 radical (unpaired) electrons. The van der Waals surface area contributed by atoms with Crippen molar-refractivity contribution in [3.05, 3.63) is 41.6 Å². The van der Waals surface area contributed by atoms with E-state index in [1.165, 1.54) is 4.90 Å². The van der Waals surface area contributed by atoms with Crippen molar-refractivity contribution >= 4 is 44.7 Å². The number of nitrogens with zero attached hydrogens (tertiary/aromatic N) is 2. The topological polar surface area (TPSA) is 182 Å². The third-order valence-electron chi connectivity index (χ3n) is 12.7. The molecular formula is C41H55N5O9S. The minimum Gasteiger partial charge on any atom is -0.497 e. The van der Waals surface area contributed by atoms with Gasteiger partial charge in [0.2, 0.25) is 21.8 Å². The number of amides is 4. The number of fused-ring (bicyclic) bond motifs is 5. The zero-order valence-electron chi connectivity index (χ0n) is 33.2. The Hall–Kier alpha value is -4.40. The minimum atomic E-state index is -3.99. The number of pyridine rings is 1. The zero-order valence-corrected chi connectivity index (χ0v) is 34.1. The molecule has 1 saturated heterocycles. The fourth-order valence-corrected chi connectivity index (χ4v) is 9.59. The molecule has 1 aromatic heterocycles. The first kappa shape index (κ1) is 39.8. The Morgan fingerprint density at radius 2 is 1.86 bits per heavy atom. The summed E-state index contributed by atoms with van der Waals surface area (Å²) in [6.07, 6.45) is 8.25. The van der Waals surface area contributed by atoms with E-state index in [1.807, 2.05) is 51.1 Å². The molecule has 1 spiro atoms. The molecule has 0 bridgehead atoms. The lowest BCUT2D eigenvalue weighted by Gasteiger charge is -2.36. The van der Waals surface area contributed by atoms with Gasteiger partial charge in [0.1, 0.15) is 40.8 Å². The number of hydrogen-bond acceptors (Lipinski definition) is 10. The third-order valence-corrected chi connectivity index (χ3v) is 14.9. The van der Waals surface area contributed by atoms with E-state index in [0.717, 1.165) is 29.3 Å². The number of rotatable bonds is 7. The molecule has 5 aliphatic rings. The van der Waals surface area contributed by atoms with Crippen molar-refractivity contribution in [2.24, 2.45) is 11.8 Å². The molecule has 3 aliphatic heterocycles. The Bertz CT molecular complexity index is 2070. The van der Waals surface area contributed by atoms with E-state index >= 15 is 0 Å². The van der Waals surface area contributed by atoms with E-state index < -0.39 is 73.8 Å². The maximum absolute atomic E-state index is 14.8. The van der Waals surface area contributed by atoms with Gasteiger partial charge in [-0.05, 0) is 96.3 Å². The average Bonchev–Trinajstić information content (AvgIpc) is 4.04. The molecule has 6 atom stereocenters. The summed E-state index contributed by atoms with van der Waals surface area (Å²) in [5.74, 6) is -0.913. The first-order chi connectivity index (χ1) is 26.5. The van der Waals surface area contributed by atoms with Crippen LogP contribution in [0.25, 0.3) is 10.9 Å². The van der Waals surface area contributed by atoms with Crippen LogP contribution in [0, 0.1) is 18.8 Å². The number of carbonyl (C=O) groups excluding carboxylic acids is 4. The molecule has 56 heavy (non-hydrogen) atoms. The van der Waals surface area contributed by atoms with E-state index in [4.69, 9.17) is 19.2 Å². The average molecular weight is 794 g/mol. The summed E-state index contributed by atoms with van der Waals surface area (Å²) in [5, 5.41) is 6.67. The molecule has 304 valence electrons. The molecular weight excluding hydrogens is 739 g/mol. The van der Waals surface area contributed by atoms with Gasteiger partial charge in [-0.15, -0.1) is 0 Å². The highest BCUT2D eigenvalue weighted by Gasteiger charge is 2.64. The van der Waals surface area contributed by atoms with Crippen molar-refractivity contribution in [1.29, 1.82) is 0 Å². The Morgan fingerprint density at radius 1 is 1.09 bits per heavy atom. The van der Waals surface area contributed by atoms with Crippen molar-refractivity contribution in [2.45, 2.75) is 139 Å². The first-order valence-corrected chi connectivity index (χ1v) is 21.5. The molecule has 1 aromatic carbocycles. The lowest BCUT2D eigenvalue weighted by atomic mass is 9.87. The van der Waals surface area contributed by atoms with Crippen molar-refractivity contribution in [1.82, 2.24) is 25.2 Å². The molecule has 4 amide bonds. The number of aromatic nitrogens is 1. The smallest absolute Gasteiger partial charge is 0.408 e. The summed E-state index contributed by atoms with van der Waals surface area (Å²) in [5.41, 5.74) is -0.0603. The zero-order chi connectivity index (χ0) is 40.2. The largest absolute Gasteiger partial charge is 0.497 e. The van der Waals surface area contributed by atoms with Crippen LogP contribution in [0.4, 0.5) is 4.79 Å². The van der Waals surface area contributed by atoms with E-state index in [9.17, 15) is 27.6 Å². The van der Waals surface area contributed by atoms with Gasteiger partial charge >= 0.3 is 6.09 Å². The SMILES string of the molecule is COc1ccc2nc(C)c3c(c2c1)CCC1(CC2C(=O)NC4(C(=O)NS(=O)(=O)C5(C)CC5)CC4C=CCCCCCC(NC(=O)OC(C)C(C)C)C(=O)N2C1)O3. The first-order valence-electron chi connectivity index (χ1n) is 20.0. The van der Waals surface area contributed by atoms with E-state index in [1.54, 1.807) is 21.0 Å². The van der Waals surface area contributed by atoms with Crippen LogP contribution in [-0.2, 0) is 35.6 Å². The summed E-state index contributed by atoms with van der Waals surface area (Å²) in [7, 11) is -2.38. The van der Waals surface area contributed by atoms with E-state index in [0.29, 0.717) is 62.1 Å². The summed E-state index contributed by atoms with van der Waals surface area (Å²) >= 11 is 0. The molecule has 6 unspecified atom stereocenters.